The Morgan fingerprint density at radius 1 is 0.952 bits per heavy atom. The summed E-state index contributed by atoms with van der Waals surface area (Å²) in [4.78, 5) is 0. The average Bonchev–Trinajstić information content (AvgIpc) is 2.46. The van der Waals surface area contributed by atoms with Crippen molar-refractivity contribution in [2.45, 2.75) is 71.3 Å². The topological polar surface area (TPSA) is 12.0 Å². The van der Waals surface area contributed by atoms with E-state index in [1.54, 1.807) is 0 Å². The second-order valence-electron chi connectivity index (χ2n) is 5.76. The van der Waals surface area contributed by atoms with Crippen molar-refractivity contribution >= 4 is 23.2 Å². The fourth-order valence-electron chi connectivity index (χ4n) is 2.69. The molecule has 0 radical (unpaired) electrons. The van der Waals surface area contributed by atoms with Crippen molar-refractivity contribution in [1.29, 1.82) is 0 Å². The van der Waals surface area contributed by atoms with Gasteiger partial charge in [-0.1, -0.05) is 81.6 Å². The van der Waals surface area contributed by atoms with Crippen molar-refractivity contribution in [2.75, 3.05) is 6.54 Å². The van der Waals surface area contributed by atoms with Crippen molar-refractivity contribution in [2.24, 2.45) is 0 Å². The number of likely N-dealkylation sites (N-methyl/N-ethyl adjacent to an activating group) is 1. The minimum Gasteiger partial charge on any atom is -0.314 e. The van der Waals surface area contributed by atoms with Gasteiger partial charge < -0.3 is 5.32 Å². The third-order valence-electron chi connectivity index (χ3n) is 3.87. The van der Waals surface area contributed by atoms with E-state index in [9.17, 15) is 0 Å². The molecule has 1 N–H and O–H groups in total. The highest BCUT2D eigenvalue weighted by Crippen LogP contribution is 2.23. The summed E-state index contributed by atoms with van der Waals surface area (Å²) in [6.45, 7) is 5.45. The maximum Gasteiger partial charge on any atom is 0.0595 e. The summed E-state index contributed by atoms with van der Waals surface area (Å²) in [5.74, 6) is 0. The van der Waals surface area contributed by atoms with Gasteiger partial charge in [0.15, 0.2) is 0 Å². The molecule has 1 rings (SSSR count). The van der Waals surface area contributed by atoms with E-state index >= 15 is 0 Å². The standard InChI is InChI=1S/C18H29Cl2N/c1-3-5-6-7-8-9-10-16(21-4-2)13-15-11-12-17(19)18(20)14-15/h11-12,14,16,21H,3-10,13H2,1-2H3. The van der Waals surface area contributed by atoms with Crippen LogP contribution in [0.2, 0.25) is 10.0 Å². The number of hydrogen-bond donors (Lipinski definition) is 1. The smallest absolute Gasteiger partial charge is 0.0595 e. The zero-order valence-corrected chi connectivity index (χ0v) is 14.9. The molecular formula is C18H29Cl2N. The predicted octanol–water partition coefficient (Wildman–Crippen LogP) is 6.26. The molecule has 1 nitrogen and oxygen atoms in total. The van der Waals surface area contributed by atoms with Crippen LogP contribution in [0.15, 0.2) is 18.2 Å². The van der Waals surface area contributed by atoms with E-state index in [1.807, 2.05) is 12.1 Å². The molecule has 0 aliphatic rings. The van der Waals surface area contributed by atoms with Crippen LogP contribution < -0.4 is 5.32 Å². The molecule has 1 atom stereocenters. The van der Waals surface area contributed by atoms with Gasteiger partial charge in [0.1, 0.15) is 0 Å². The van der Waals surface area contributed by atoms with Crippen LogP contribution >= 0.6 is 23.2 Å². The molecule has 1 aromatic carbocycles. The third kappa shape index (κ3) is 8.09. The maximum absolute atomic E-state index is 6.10. The van der Waals surface area contributed by atoms with Crippen LogP contribution in [0.1, 0.15) is 64.4 Å². The number of benzene rings is 1. The summed E-state index contributed by atoms with van der Waals surface area (Å²) in [5.41, 5.74) is 1.27. The van der Waals surface area contributed by atoms with Crippen LogP contribution in [-0.2, 0) is 6.42 Å². The zero-order valence-electron chi connectivity index (χ0n) is 13.4. The first kappa shape index (κ1) is 18.8. The minimum absolute atomic E-state index is 0.540. The van der Waals surface area contributed by atoms with E-state index < -0.39 is 0 Å². The number of nitrogens with one attached hydrogen (secondary N) is 1. The van der Waals surface area contributed by atoms with Gasteiger partial charge in [-0.15, -0.1) is 0 Å². The molecule has 0 fully saturated rings. The number of halogens is 2. The van der Waals surface area contributed by atoms with Gasteiger partial charge in [0, 0.05) is 6.04 Å². The van der Waals surface area contributed by atoms with E-state index in [-0.39, 0.29) is 0 Å². The van der Waals surface area contributed by atoms with Crippen molar-refractivity contribution < 1.29 is 0 Å². The highest BCUT2D eigenvalue weighted by molar-refractivity contribution is 6.42. The minimum atomic E-state index is 0.540. The van der Waals surface area contributed by atoms with E-state index in [2.05, 4.69) is 25.2 Å². The van der Waals surface area contributed by atoms with E-state index in [4.69, 9.17) is 23.2 Å². The van der Waals surface area contributed by atoms with Crippen LogP contribution in [0.4, 0.5) is 0 Å². The van der Waals surface area contributed by atoms with Gasteiger partial charge in [0.25, 0.3) is 0 Å². The first-order chi connectivity index (χ1) is 10.2. The van der Waals surface area contributed by atoms with Crippen LogP contribution in [0, 0.1) is 0 Å². The Kier molecular flexibility index (Phi) is 10.2. The van der Waals surface area contributed by atoms with Gasteiger partial charge in [-0.25, -0.2) is 0 Å². The third-order valence-corrected chi connectivity index (χ3v) is 4.60. The molecule has 0 saturated carbocycles. The highest BCUT2D eigenvalue weighted by atomic mass is 35.5. The molecule has 1 aromatic rings. The summed E-state index contributed by atoms with van der Waals surface area (Å²) in [5, 5.41) is 4.88. The largest absolute Gasteiger partial charge is 0.314 e. The van der Waals surface area contributed by atoms with Crippen LogP contribution in [0.3, 0.4) is 0 Å². The van der Waals surface area contributed by atoms with Crippen LogP contribution in [-0.4, -0.2) is 12.6 Å². The molecule has 0 saturated heterocycles. The van der Waals surface area contributed by atoms with E-state index in [0.29, 0.717) is 16.1 Å². The molecule has 0 amide bonds. The lowest BCUT2D eigenvalue weighted by Gasteiger charge is -2.18. The molecule has 120 valence electrons. The summed E-state index contributed by atoms with van der Waals surface area (Å²) in [6, 6.07) is 6.51. The lowest BCUT2D eigenvalue weighted by Crippen LogP contribution is -2.30. The van der Waals surface area contributed by atoms with Crippen LogP contribution in [0.25, 0.3) is 0 Å². The Bertz CT molecular complexity index is 393. The summed E-state index contributed by atoms with van der Waals surface area (Å²) < 4.78 is 0. The summed E-state index contributed by atoms with van der Waals surface area (Å²) in [6.07, 6.45) is 10.4. The van der Waals surface area contributed by atoms with Gasteiger partial charge in [-0.3, -0.25) is 0 Å². The van der Waals surface area contributed by atoms with Crippen molar-refractivity contribution in [1.82, 2.24) is 5.32 Å². The first-order valence-electron chi connectivity index (χ1n) is 8.34. The van der Waals surface area contributed by atoms with Crippen LogP contribution in [0.5, 0.6) is 0 Å². The van der Waals surface area contributed by atoms with E-state index in [0.717, 1.165) is 13.0 Å². The Morgan fingerprint density at radius 2 is 1.67 bits per heavy atom. The number of hydrogen-bond acceptors (Lipinski definition) is 1. The Hall–Kier alpha value is -0.240. The molecule has 21 heavy (non-hydrogen) atoms. The Morgan fingerprint density at radius 3 is 2.33 bits per heavy atom. The molecule has 0 aliphatic carbocycles. The van der Waals surface area contributed by atoms with Gasteiger partial charge in [0.05, 0.1) is 10.0 Å². The average molecular weight is 330 g/mol. The molecule has 0 bridgehead atoms. The fraction of sp³-hybridized carbons (Fsp3) is 0.667. The fourth-order valence-corrected chi connectivity index (χ4v) is 3.01. The van der Waals surface area contributed by atoms with E-state index in [1.165, 1.54) is 50.5 Å². The van der Waals surface area contributed by atoms with Crippen molar-refractivity contribution in [3.63, 3.8) is 0 Å². The van der Waals surface area contributed by atoms with Gasteiger partial charge in [-0.2, -0.15) is 0 Å². The SMILES string of the molecule is CCCCCCCCC(Cc1ccc(Cl)c(Cl)c1)NCC. The Balaban J connectivity index is 2.36. The second kappa shape index (κ2) is 11.3. The second-order valence-corrected chi connectivity index (χ2v) is 6.58. The molecule has 1 unspecified atom stereocenters. The summed E-state index contributed by atoms with van der Waals surface area (Å²) >= 11 is 12.1. The molecule has 0 aromatic heterocycles. The first-order valence-corrected chi connectivity index (χ1v) is 9.10. The molecule has 3 heteroatoms. The summed E-state index contributed by atoms with van der Waals surface area (Å²) in [7, 11) is 0. The van der Waals surface area contributed by atoms with Crippen molar-refractivity contribution in [3.05, 3.63) is 33.8 Å². The van der Waals surface area contributed by atoms with Gasteiger partial charge in [-0.05, 0) is 37.1 Å². The maximum atomic E-state index is 6.10. The lowest BCUT2D eigenvalue weighted by molar-refractivity contribution is 0.459. The molecular weight excluding hydrogens is 301 g/mol. The molecule has 0 aliphatic heterocycles. The monoisotopic (exact) mass is 329 g/mol. The number of rotatable bonds is 11. The van der Waals surface area contributed by atoms with Crippen molar-refractivity contribution in [3.8, 4) is 0 Å². The number of unbranched alkanes of at least 4 members (excludes halogenated alkanes) is 5. The molecule has 0 spiro atoms. The Labute approximate surface area is 140 Å². The molecule has 0 heterocycles. The lowest BCUT2D eigenvalue weighted by atomic mass is 9.99. The van der Waals surface area contributed by atoms with Gasteiger partial charge >= 0.3 is 0 Å². The highest BCUT2D eigenvalue weighted by Gasteiger charge is 2.09. The zero-order chi connectivity index (χ0) is 15.5. The van der Waals surface area contributed by atoms with Gasteiger partial charge in [0.2, 0.25) is 0 Å². The predicted molar refractivity (Wildman–Crippen MR) is 95.6 cm³/mol. The quantitative estimate of drug-likeness (QED) is 0.472. The normalized spacial score (nSPS) is 12.6.